The van der Waals surface area contributed by atoms with Crippen molar-refractivity contribution < 1.29 is 57.1 Å². The lowest BCUT2D eigenvalue weighted by atomic mass is 9.92. The van der Waals surface area contributed by atoms with Crippen LogP contribution in [0.2, 0.25) is 100 Å². The van der Waals surface area contributed by atoms with E-state index in [9.17, 15) is 19.2 Å². The smallest absolute Gasteiger partial charge is 0.313 e. The molecule has 4 aromatic carbocycles. The Kier molecular flexibility index (Phi) is 27.3. The van der Waals surface area contributed by atoms with Crippen molar-refractivity contribution in [2.45, 2.75) is 25.7 Å². The van der Waals surface area contributed by atoms with Gasteiger partial charge >= 0.3 is 23.9 Å². The van der Waals surface area contributed by atoms with Crippen molar-refractivity contribution in [2.24, 2.45) is 5.41 Å². The van der Waals surface area contributed by atoms with Gasteiger partial charge in [-0.2, -0.15) is 0 Å². The predicted octanol–water partition coefficient (Wildman–Crippen LogP) is 19.1. The van der Waals surface area contributed by atoms with E-state index in [1.54, 1.807) is 0 Å². The van der Waals surface area contributed by atoms with E-state index in [1.807, 2.05) is 0 Å². The number of carbonyl (C=O) groups is 4. The van der Waals surface area contributed by atoms with Crippen LogP contribution in [0.5, 0.6) is 23.0 Å². The van der Waals surface area contributed by atoms with Crippen LogP contribution in [-0.2, 0) is 38.1 Å². The topological polar surface area (TPSA) is 142 Å². The zero-order chi connectivity index (χ0) is 54.8. The molecule has 0 radical (unpaired) electrons. The minimum atomic E-state index is -1.41. The fourth-order valence-electron chi connectivity index (χ4n) is 5.38. The van der Waals surface area contributed by atoms with E-state index in [2.05, 4.69) is 0 Å². The molecule has 0 saturated heterocycles. The lowest BCUT2D eigenvalue weighted by molar-refractivity contribution is -0.139. The second-order valence-electron chi connectivity index (χ2n) is 14.2. The maximum atomic E-state index is 13.0. The van der Waals surface area contributed by atoms with Crippen LogP contribution in [0.1, 0.15) is 25.7 Å². The highest BCUT2D eigenvalue weighted by Gasteiger charge is 2.34. The summed E-state index contributed by atoms with van der Waals surface area (Å²) >= 11 is 123. The largest absolute Gasteiger partial charge is 0.423 e. The summed E-state index contributed by atoms with van der Waals surface area (Å²) in [4.78, 5) is 52.0. The molecule has 4 aromatic rings. The van der Waals surface area contributed by atoms with E-state index < -0.39 is 55.0 Å². The van der Waals surface area contributed by atoms with E-state index >= 15 is 0 Å². The molecule has 12 nitrogen and oxygen atoms in total. The van der Waals surface area contributed by atoms with Crippen molar-refractivity contribution in [3.8, 4) is 23.0 Å². The first-order valence-electron chi connectivity index (χ1n) is 19.4. The molecule has 73 heavy (non-hydrogen) atoms. The van der Waals surface area contributed by atoms with Crippen LogP contribution in [0.25, 0.3) is 0 Å². The number of benzene rings is 4. The van der Waals surface area contributed by atoms with E-state index in [4.69, 9.17) is 270 Å². The average Bonchev–Trinajstić information content (AvgIpc) is 3.36. The molecule has 0 aliphatic carbocycles. The Hall–Kier alpha value is 0.400. The maximum absolute atomic E-state index is 13.0. The van der Waals surface area contributed by atoms with Crippen molar-refractivity contribution in [3.63, 3.8) is 0 Å². The van der Waals surface area contributed by atoms with Crippen LogP contribution in [-0.4, -0.2) is 76.7 Å². The molecule has 0 N–H and O–H groups in total. The van der Waals surface area contributed by atoms with Gasteiger partial charge in [-0.1, -0.05) is 232 Å². The van der Waals surface area contributed by atoms with Crippen LogP contribution in [0, 0.1) is 5.41 Å². The molecule has 0 atom stereocenters. The van der Waals surface area contributed by atoms with E-state index in [-0.39, 0.29) is 176 Å². The van der Waals surface area contributed by atoms with Crippen LogP contribution >= 0.6 is 232 Å². The molecule has 0 aromatic heterocycles. The normalized spacial score (nSPS) is 11.6. The number of ether oxygens (including phenoxy) is 8. The van der Waals surface area contributed by atoms with Gasteiger partial charge in [0.25, 0.3) is 0 Å². The lowest BCUT2D eigenvalue weighted by Crippen LogP contribution is -2.42. The standard InChI is InChI=1S/C41H24Cl20O12/c42-17-21(46)29(54)37(30(55)22(17)47)70-13(62)1-5-66-9-41(10-67-6-2-14(63)71-38-31(56)23(48)18(43)24(49)32(38)57,11-68-7-3-15(64)72-39-33(58)25(50)19(44)26(51)34(39)59)12-69-8-4-16(65)73-40-35(60)27(52)20(45)28(53)36(40)61/h1-12H2. The third-order valence-electron chi connectivity index (χ3n) is 8.98. The Labute approximate surface area is 514 Å². The Morgan fingerprint density at radius 3 is 0.534 bits per heavy atom. The first kappa shape index (κ1) is 65.9. The molecule has 400 valence electrons. The van der Waals surface area contributed by atoms with Gasteiger partial charge in [0.15, 0.2) is 23.0 Å². The number of carbonyl (C=O) groups excluding carboxylic acids is 4. The molecule has 0 amide bonds. The van der Waals surface area contributed by atoms with Gasteiger partial charge in [-0.25, -0.2) is 0 Å². The number of hydrogen-bond acceptors (Lipinski definition) is 12. The zero-order valence-electron chi connectivity index (χ0n) is 35.4. The summed E-state index contributed by atoms with van der Waals surface area (Å²) in [5, 5.41) is -4.77. The van der Waals surface area contributed by atoms with Gasteiger partial charge in [-0.3, -0.25) is 19.2 Å². The second-order valence-corrected chi connectivity index (χ2v) is 21.8. The summed E-state index contributed by atoms with van der Waals surface area (Å²) < 4.78 is 45.0. The molecule has 4 rings (SSSR count). The monoisotopic (exact) mass is 1410 g/mol. The van der Waals surface area contributed by atoms with Crippen molar-refractivity contribution in [1.82, 2.24) is 0 Å². The number of esters is 4. The molecular weight excluding hydrogens is 1390 g/mol. The van der Waals surface area contributed by atoms with Crippen molar-refractivity contribution in [3.05, 3.63) is 100 Å². The Morgan fingerprint density at radius 1 is 0.247 bits per heavy atom. The summed E-state index contributed by atoms with van der Waals surface area (Å²) in [6.07, 6.45) is -1.71. The molecule has 0 aliphatic heterocycles. The highest BCUT2D eigenvalue weighted by atomic mass is 35.5. The fourth-order valence-corrected chi connectivity index (χ4v) is 10.2. The van der Waals surface area contributed by atoms with Gasteiger partial charge in [-0.05, 0) is 0 Å². The molecule has 32 heteroatoms. The zero-order valence-corrected chi connectivity index (χ0v) is 50.6. The van der Waals surface area contributed by atoms with Crippen LogP contribution in [0.3, 0.4) is 0 Å². The summed E-state index contributed by atoms with van der Waals surface area (Å²) in [6.45, 7) is -2.79. The van der Waals surface area contributed by atoms with Crippen molar-refractivity contribution >= 4 is 256 Å². The minimum absolute atomic E-state index is 0.171. The molecule has 0 spiro atoms. The number of halogens is 20. The minimum Gasteiger partial charge on any atom is -0.423 e. The van der Waals surface area contributed by atoms with Crippen molar-refractivity contribution in [2.75, 3.05) is 52.9 Å². The van der Waals surface area contributed by atoms with E-state index in [1.165, 1.54) is 0 Å². The molecule has 0 heterocycles. The van der Waals surface area contributed by atoms with Crippen LogP contribution in [0.4, 0.5) is 0 Å². The third-order valence-corrected chi connectivity index (χ3v) is 17.9. The third kappa shape index (κ3) is 17.2. The van der Waals surface area contributed by atoms with Gasteiger partial charge in [0.1, 0.15) is 40.2 Å². The number of hydrogen-bond donors (Lipinski definition) is 0. The molecule has 0 fully saturated rings. The first-order chi connectivity index (χ1) is 34.2. The molecule has 0 aliphatic rings. The van der Waals surface area contributed by atoms with Crippen LogP contribution < -0.4 is 18.9 Å². The van der Waals surface area contributed by atoms with Gasteiger partial charge in [0, 0.05) is 0 Å². The molecule has 0 saturated carbocycles. The van der Waals surface area contributed by atoms with Gasteiger partial charge in [0.05, 0.1) is 144 Å². The molecule has 0 unspecified atom stereocenters. The SMILES string of the molecule is O=C(CCOCC(COCCC(=O)Oc1c(Cl)c(Cl)c(Cl)c(Cl)c1Cl)(COCCC(=O)Oc1c(Cl)c(Cl)c(Cl)c(Cl)c1Cl)COCCC(=O)Oc1c(Cl)c(Cl)c(Cl)c(Cl)c1Cl)Oc1c(Cl)c(Cl)c(Cl)c(Cl)c1Cl. The van der Waals surface area contributed by atoms with E-state index in [0.29, 0.717) is 0 Å². The van der Waals surface area contributed by atoms with Gasteiger partial charge in [0.2, 0.25) is 0 Å². The Balaban J connectivity index is 1.55. The fraction of sp³-hybridized carbons (Fsp3) is 0.317. The highest BCUT2D eigenvalue weighted by Crippen LogP contribution is 2.52. The lowest BCUT2D eigenvalue weighted by Gasteiger charge is -2.33. The summed E-state index contributed by atoms with van der Waals surface area (Å²) in [5.74, 6) is -5.07. The highest BCUT2D eigenvalue weighted by molar-refractivity contribution is 6.59. The van der Waals surface area contributed by atoms with Crippen molar-refractivity contribution in [1.29, 1.82) is 0 Å². The van der Waals surface area contributed by atoms with Gasteiger partial charge < -0.3 is 37.9 Å². The maximum Gasteiger partial charge on any atom is 0.313 e. The average molecular weight is 1420 g/mol. The summed E-state index contributed by atoms with van der Waals surface area (Å²) in [6, 6.07) is 0. The first-order valence-corrected chi connectivity index (χ1v) is 26.9. The molecular formula is C41H24Cl20O12. The second kappa shape index (κ2) is 30.3. The Bertz CT molecular complexity index is 2290. The van der Waals surface area contributed by atoms with E-state index in [0.717, 1.165) is 0 Å². The number of rotatable bonds is 24. The summed E-state index contributed by atoms with van der Waals surface area (Å²) in [7, 11) is 0. The van der Waals surface area contributed by atoms with Crippen LogP contribution in [0.15, 0.2) is 0 Å². The Morgan fingerprint density at radius 2 is 0.384 bits per heavy atom. The summed E-state index contributed by atoms with van der Waals surface area (Å²) in [5.41, 5.74) is -1.41. The predicted molar refractivity (Wildman–Crippen MR) is 293 cm³/mol. The molecule has 0 bridgehead atoms. The quantitative estimate of drug-likeness (QED) is 0.0217. The van der Waals surface area contributed by atoms with Gasteiger partial charge in [-0.15, -0.1) is 0 Å².